The summed E-state index contributed by atoms with van der Waals surface area (Å²) < 4.78 is 15.6. The summed E-state index contributed by atoms with van der Waals surface area (Å²) in [5.74, 6) is 1.78. The lowest BCUT2D eigenvalue weighted by Crippen LogP contribution is -2.14. The number of nitrogens with one attached hydrogen (secondary N) is 1. The predicted molar refractivity (Wildman–Crippen MR) is 60.0 cm³/mol. The van der Waals surface area contributed by atoms with Crippen molar-refractivity contribution in [2.75, 3.05) is 28.1 Å². The molecule has 5 nitrogen and oxygen atoms in total. The number of benzene rings is 1. The second-order valence-corrected chi connectivity index (χ2v) is 3.12. The molecule has 1 rings (SSSR count). The van der Waals surface area contributed by atoms with Crippen molar-refractivity contribution in [3.05, 3.63) is 17.7 Å². The summed E-state index contributed by atoms with van der Waals surface area (Å²) in [5, 5.41) is 11.5. The Balaban J connectivity index is 3.05. The van der Waals surface area contributed by atoms with E-state index in [9.17, 15) is 0 Å². The van der Waals surface area contributed by atoms with Crippen molar-refractivity contribution in [2.24, 2.45) is 0 Å². The van der Waals surface area contributed by atoms with E-state index in [1.165, 1.54) is 0 Å². The lowest BCUT2D eigenvalue weighted by molar-refractivity contribution is 0.259. The maximum atomic E-state index is 8.68. The smallest absolute Gasteiger partial charge is 0.203 e. The first-order chi connectivity index (χ1) is 7.76. The molecule has 5 heteroatoms. The summed E-state index contributed by atoms with van der Waals surface area (Å²) in [4.78, 5) is 0. The molecule has 0 atom stereocenters. The average molecular weight is 227 g/mol. The number of rotatable bonds is 6. The van der Waals surface area contributed by atoms with Crippen molar-refractivity contribution in [1.29, 1.82) is 0 Å². The van der Waals surface area contributed by atoms with E-state index in [2.05, 4.69) is 5.32 Å². The zero-order chi connectivity index (χ0) is 12.0. The quantitative estimate of drug-likeness (QED) is 0.702. The molecule has 0 radical (unpaired) electrons. The van der Waals surface area contributed by atoms with Gasteiger partial charge in [0.1, 0.15) is 0 Å². The topological polar surface area (TPSA) is 60.0 Å². The summed E-state index contributed by atoms with van der Waals surface area (Å²) in [6.45, 7) is 0.462. The minimum absolute atomic E-state index is 0.0728. The van der Waals surface area contributed by atoms with Crippen LogP contribution in [0.2, 0.25) is 0 Å². The monoisotopic (exact) mass is 227 g/mol. The molecule has 0 fully saturated rings. The first kappa shape index (κ1) is 12.6. The largest absolute Gasteiger partial charge is 0.493 e. The van der Waals surface area contributed by atoms with Gasteiger partial charge in [0.05, 0.1) is 28.1 Å². The normalized spacial score (nSPS) is 10.0. The van der Waals surface area contributed by atoms with Crippen molar-refractivity contribution in [3.63, 3.8) is 0 Å². The van der Waals surface area contributed by atoms with Crippen LogP contribution >= 0.6 is 0 Å². The van der Waals surface area contributed by atoms with Gasteiger partial charge in [0.25, 0.3) is 0 Å². The molecule has 16 heavy (non-hydrogen) atoms. The molecule has 0 bridgehead atoms. The standard InChI is InChI=1S/C11H17NO4/c1-14-9-4-8(6-12-7-13)5-10(15-2)11(9)16-3/h4-5,12-13H,6-7H2,1-3H3. The average Bonchev–Trinajstić information content (AvgIpc) is 2.34. The SMILES string of the molecule is COc1cc(CNCO)cc(OC)c1OC. The molecule has 0 amide bonds. The van der Waals surface area contributed by atoms with Gasteiger partial charge in [0, 0.05) is 6.54 Å². The molecule has 0 spiro atoms. The van der Waals surface area contributed by atoms with Crippen molar-refractivity contribution in [2.45, 2.75) is 6.54 Å². The van der Waals surface area contributed by atoms with Crippen molar-refractivity contribution in [1.82, 2.24) is 5.32 Å². The highest BCUT2D eigenvalue weighted by molar-refractivity contribution is 5.53. The third-order valence-electron chi connectivity index (χ3n) is 2.17. The van der Waals surface area contributed by atoms with Crippen LogP contribution in [-0.4, -0.2) is 33.2 Å². The minimum atomic E-state index is -0.0728. The number of aliphatic hydroxyl groups is 1. The highest BCUT2D eigenvalue weighted by Gasteiger charge is 2.12. The van der Waals surface area contributed by atoms with Gasteiger partial charge in [-0.3, -0.25) is 5.32 Å². The van der Waals surface area contributed by atoms with E-state index in [-0.39, 0.29) is 6.73 Å². The molecular formula is C11H17NO4. The second-order valence-electron chi connectivity index (χ2n) is 3.12. The van der Waals surface area contributed by atoms with Gasteiger partial charge in [0.2, 0.25) is 5.75 Å². The molecule has 0 aliphatic heterocycles. The van der Waals surface area contributed by atoms with E-state index < -0.39 is 0 Å². The Hall–Kier alpha value is -1.46. The van der Waals surface area contributed by atoms with Gasteiger partial charge >= 0.3 is 0 Å². The number of methoxy groups -OCH3 is 3. The zero-order valence-electron chi connectivity index (χ0n) is 9.74. The lowest BCUT2D eigenvalue weighted by Gasteiger charge is -2.14. The lowest BCUT2D eigenvalue weighted by atomic mass is 10.2. The van der Waals surface area contributed by atoms with Crippen molar-refractivity contribution >= 4 is 0 Å². The molecule has 0 saturated carbocycles. The second kappa shape index (κ2) is 6.19. The van der Waals surface area contributed by atoms with E-state index in [1.54, 1.807) is 21.3 Å². The minimum Gasteiger partial charge on any atom is -0.493 e. The third kappa shape index (κ3) is 2.77. The van der Waals surface area contributed by atoms with E-state index in [4.69, 9.17) is 19.3 Å². The molecule has 1 aromatic carbocycles. The van der Waals surface area contributed by atoms with Gasteiger partial charge in [0.15, 0.2) is 11.5 Å². The summed E-state index contributed by atoms with van der Waals surface area (Å²) in [5.41, 5.74) is 0.948. The van der Waals surface area contributed by atoms with Crippen LogP contribution in [0.25, 0.3) is 0 Å². The van der Waals surface area contributed by atoms with E-state index >= 15 is 0 Å². The predicted octanol–water partition coefficient (Wildman–Crippen LogP) is 0.752. The molecule has 2 N–H and O–H groups in total. The number of aliphatic hydroxyl groups excluding tert-OH is 1. The molecule has 0 aliphatic carbocycles. The molecule has 0 saturated heterocycles. The Kier molecular flexibility index (Phi) is 4.88. The van der Waals surface area contributed by atoms with Crippen molar-refractivity contribution in [3.8, 4) is 17.2 Å². The van der Waals surface area contributed by atoms with Gasteiger partial charge in [-0.05, 0) is 17.7 Å². The maximum absolute atomic E-state index is 8.68. The van der Waals surface area contributed by atoms with Crippen LogP contribution in [0.3, 0.4) is 0 Å². The zero-order valence-corrected chi connectivity index (χ0v) is 9.74. The Labute approximate surface area is 94.9 Å². The van der Waals surface area contributed by atoms with Gasteiger partial charge in [-0.25, -0.2) is 0 Å². The van der Waals surface area contributed by atoms with Crippen LogP contribution in [0.15, 0.2) is 12.1 Å². The van der Waals surface area contributed by atoms with Crippen LogP contribution in [0.5, 0.6) is 17.2 Å². The number of hydrogen-bond donors (Lipinski definition) is 2. The Morgan fingerprint density at radius 1 is 1.06 bits per heavy atom. The van der Waals surface area contributed by atoms with Crippen LogP contribution < -0.4 is 19.5 Å². The summed E-state index contributed by atoms with van der Waals surface area (Å²) in [7, 11) is 4.70. The third-order valence-corrected chi connectivity index (χ3v) is 2.17. The maximum Gasteiger partial charge on any atom is 0.203 e. The molecule has 90 valence electrons. The fourth-order valence-corrected chi connectivity index (χ4v) is 1.44. The van der Waals surface area contributed by atoms with Crippen LogP contribution in [0.1, 0.15) is 5.56 Å². The van der Waals surface area contributed by atoms with Gasteiger partial charge in [-0.15, -0.1) is 0 Å². The molecule has 0 unspecified atom stereocenters. The van der Waals surface area contributed by atoms with Gasteiger partial charge in [-0.2, -0.15) is 0 Å². The Morgan fingerprint density at radius 3 is 2.00 bits per heavy atom. The highest BCUT2D eigenvalue weighted by atomic mass is 16.5. The van der Waals surface area contributed by atoms with E-state index in [0.29, 0.717) is 23.8 Å². The van der Waals surface area contributed by atoms with Gasteiger partial charge < -0.3 is 19.3 Å². The highest BCUT2D eigenvalue weighted by Crippen LogP contribution is 2.38. The van der Waals surface area contributed by atoms with Gasteiger partial charge in [-0.1, -0.05) is 0 Å². The fraction of sp³-hybridized carbons (Fsp3) is 0.455. The molecule has 0 heterocycles. The molecule has 0 aromatic heterocycles. The first-order valence-corrected chi connectivity index (χ1v) is 4.87. The summed E-state index contributed by atoms with van der Waals surface area (Å²) >= 11 is 0. The van der Waals surface area contributed by atoms with Crippen molar-refractivity contribution < 1.29 is 19.3 Å². The van der Waals surface area contributed by atoms with E-state index in [0.717, 1.165) is 5.56 Å². The molecule has 0 aliphatic rings. The summed E-state index contributed by atoms with van der Waals surface area (Å²) in [6, 6.07) is 3.67. The first-order valence-electron chi connectivity index (χ1n) is 4.87. The van der Waals surface area contributed by atoms with Crippen LogP contribution in [0.4, 0.5) is 0 Å². The Morgan fingerprint density at radius 2 is 1.62 bits per heavy atom. The van der Waals surface area contributed by atoms with E-state index in [1.807, 2.05) is 12.1 Å². The van der Waals surface area contributed by atoms with Crippen LogP contribution in [-0.2, 0) is 6.54 Å². The molecular weight excluding hydrogens is 210 g/mol. The number of ether oxygens (including phenoxy) is 3. The fourth-order valence-electron chi connectivity index (χ4n) is 1.44. The molecule has 1 aromatic rings. The Bertz CT molecular complexity index is 316. The number of hydrogen-bond acceptors (Lipinski definition) is 5. The summed E-state index contributed by atoms with van der Waals surface area (Å²) in [6.07, 6.45) is 0. The van der Waals surface area contributed by atoms with Crippen LogP contribution in [0, 0.1) is 0 Å².